The maximum atomic E-state index is 13.3. The molecule has 0 saturated carbocycles. The van der Waals surface area contributed by atoms with E-state index in [0.717, 1.165) is 6.42 Å². The Morgan fingerprint density at radius 2 is 2.00 bits per heavy atom. The van der Waals surface area contributed by atoms with Gasteiger partial charge in [0, 0.05) is 12.2 Å². The Bertz CT molecular complexity index is 286. The van der Waals surface area contributed by atoms with Gasteiger partial charge in [-0.05, 0) is 19.4 Å². The minimum atomic E-state index is -0.180. The van der Waals surface area contributed by atoms with Crippen molar-refractivity contribution in [3.63, 3.8) is 0 Å². The zero-order valence-corrected chi connectivity index (χ0v) is 9.50. The van der Waals surface area contributed by atoms with E-state index in [4.69, 9.17) is 4.74 Å². The van der Waals surface area contributed by atoms with E-state index in [1.54, 1.807) is 12.1 Å². The summed E-state index contributed by atoms with van der Waals surface area (Å²) >= 11 is 0. The van der Waals surface area contributed by atoms with E-state index in [0.29, 0.717) is 12.2 Å². The molecule has 0 fully saturated rings. The van der Waals surface area contributed by atoms with Crippen LogP contribution in [0, 0.1) is 5.82 Å². The van der Waals surface area contributed by atoms with E-state index in [1.165, 1.54) is 18.9 Å². The normalized spacial score (nSPS) is 12.7. The highest BCUT2D eigenvalue weighted by atomic mass is 19.1. The molecular formula is C13H19FO. The molecule has 84 valence electrons. The predicted molar refractivity (Wildman–Crippen MR) is 60.3 cm³/mol. The lowest BCUT2D eigenvalue weighted by atomic mass is 10.1. The second kappa shape index (κ2) is 6.57. The van der Waals surface area contributed by atoms with Crippen molar-refractivity contribution in [2.75, 3.05) is 6.61 Å². The number of rotatable bonds is 6. The van der Waals surface area contributed by atoms with Crippen molar-refractivity contribution in [1.29, 1.82) is 0 Å². The van der Waals surface area contributed by atoms with Crippen molar-refractivity contribution >= 4 is 0 Å². The molecule has 0 heterocycles. The topological polar surface area (TPSA) is 9.23 Å². The van der Waals surface area contributed by atoms with Crippen LogP contribution >= 0.6 is 0 Å². The first-order chi connectivity index (χ1) is 7.25. The van der Waals surface area contributed by atoms with Crippen LogP contribution in [-0.2, 0) is 4.74 Å². The van der Waals surface area contributed by atoms with Gasteiger partial charge in [-0.3, -0.25) is 0 Å². The number of hydrogen-bond donors (Lipinski definition) is 0. The molecule has 1 nitrogen and oxygen atoms in total. The van der Waals surface area contributed by atoms with Crippen LogP contribution in [0.4, 0.5) is 4.39 Å². The van der Waals surface area contributed by atoms with Crippen molar-refractivity contribution in [3.05, 3.63) is 35.6 Å². The Hall–Kier alpha value is -0.890. The highest BCUT2D eigenvalue weighted by molar-refractivity contribution is 5.19. The number of hydrogen-bond acceptors (Lipinski definition) is 1. The van der Waals surface area contributed by atoms with Crippen LogP contribution in [0.15, 0.2) is 24.3 Å². The maximum Gasteiger partial charge on any atom is 0.128 e. The fourth-order valence-electron chi connectivity index (χ4n) is 1.51. The summed E-state index contributed by atoms with van der Waals surface area (Å²) in [6.07, 6.45) is 3.25. The first-order valence-electron chi connectivity index (χ1n) is 5.61. The van der Waals surface area contributed by atoms with Gasteiger partial charge in [0.25, 0.3) is 0 Å². The third-order valence-corrected chi connectivity index (χ3v) is 2.46. The number of benzene rings is 1. The predicted octanol–water partition coefficient (Wildman–Crippen LogP) is 4.09. The fourth-order valence-corrected chi connectivity index (χ4v) is 1.51. The first kappa shape index (κ1) is 12.2. The van der Waals surface area contributed by atoms with Gasteiger partial charge in [0.2, 0.25) is 0 Å². The van der Waals surface area contributed by atoms with Gasteiger partial charge < -0.3 is 4.74 Å². The minimum Gasteiger partial charge on any atom is -0.374 e. The minimum absolute atomic E-state index is 0.150. The second-order valence-corrected chi connectivity index (χ2v) is 3.74. The molecular weight excluding hydrogens is 191 g/mol. The second-order valence-electron chi connectivity index (χ2n) is 3.74. The number of unbranched alkanes of at least 4 members (excludes halogenated alkanes) is 2. The Balaban J connectivity index is 2.40. The number of ether oxygens (including phenoxy) is 1. The molecule has 1 rings (SSSR count). The van der Waals surface area contributed by atoms with E-state index < -0.39 is 0 Å². The van der Waals surface area contributed by atoms with Crippen LogP contribution in [0.5, 0.6) is 0 Å². The molecule has 1 unspecified atom stereocenters. The molecule has 1 atom stereocenters. The lowest BCUT2D eigenvalue weighted by Gasteiger charge is -2.13. The zero-order valence-electron chi connectivity index (χ0n) is 9.50. The molecule has 0 aromatic heterocycles. The monoisotopic (exact) mass is 210 g/mol. The van der Waals surface area contributed by atoms with E-state index in [2.05, 4.69) is 6.92 Å². The molecule has 15 heavy (non-hydrogen) atoms. The number of halogens is 1. The van der Waals surface area contributed by atoms with Crippen molar-refractivity contribution in [2.45, 2.75) is 39.2 Å². The largest absolute Gasteiger partial charge is 0.374 e. The van der Waals surface area contributed by atoms with Gasteiger partial charge in [-0.1, -0.05) is 38.0 Å². The Labute approximate surface area is 91.3 Å². The third kappa shape index (κ3) is 4.00. The van der Waals surface area contributed by atoms with Crippen LogP contribution in [0.25, 0.3) is 0 Å². The summed E-state index contributed by atoms with van der Waals surface area (Å²) in [6.45, 7) is 4.76. The van der Waals surface area contributed by atoms with E-state index in [-0.39, 0.29) is 11.9 Å². The van der Waals surface area contributed by atoms with Crippen LogP contribution in [-0.4, -0.2) is 6.61 Å². The molecule has 0 spiro atoms. The Kier molecular flexibility index (Phi) is 5.33. The summed E-state index contributed by atoms with van der Waals surface area (Å²) in [5.74, 6) is -0.180. The molecule has 0 radical (unpaired) electrons. The third-order valence-electron chi connectivity index (χ3n) is 2.46. The van der Waals surface area contributed by atoms with Crippen LogP contribution in [0.2, 0.25) is 0 Å². The van der Waals surface area contributed by atoms with Gasteiger partial charge in [-0.25, -0.2) is 4.39 Å². The van der Waals surface area contributed by atoms with Crippen molar-refractivity contribution in [1.82, 2.24) is 0 Å². The highest BCUT2D eigenvalue weighted by Gasteiger charge is 2.09. The molecule has 0 saturated heterocycles. The summed E-state index contributed by atoms with van der Waals surface area (Å²) in [5, 5.41) is 0. The summed E-state index contributed by atoms with van der Waals surface area (Å²) in [7, 11) is 0. The lowest BCUT2D eigenvalue weighted by molar-refractivity contribution is 0.0606. The van der Waals surface area contributed by atoms with Crippen molar-refractivity contribution in [3.8, 4) is 0 Å². The summed E-state index contributed by atoms with van der Waals surface area (Å²) in [5.41, 5.74) is 0.647. The van der Waals surface area contributed by atoms with E-state index in [1.807, 2.05) is 13.0 Å². The van der Waals surface area contributed by atoms with Gasteiger partial charge in [-0.15, -0.1) is 0 Å². The average molecular weight is 210 g/mol. The molecule has 0 aliphatic carbocycles. The molecule has 2 heteroatoms. The highest BCUT2D eigenvalue weighted by Crippen LogP contribution is 2.19. The van der Waals surface area contributed by atoms with Gasteiger partial charge in [0.1, 0.15) is 5.82 Å². The van der Waals surface area contributed by atoms with Gasteiger partial charge in [0.15, 0.2) is 0 Å². The average Bonchev–Trinajstić information content (AvgIpc) is 2.25. The summed E-state index contributed by atoms with van der Waals surface area (Å²) in [6, 6.07) is 6.79. The van der Waals surface area contributed by atoms with Gasteiger partial charge >= 0.3 is 0 Å². The van der Waals surface area contributed by atoms with E-state index >= 15 is 0 Å². The molecule has 0 bridgehead atoms. The van der Waals surface area contributed by atoms with Crippen molar-refractivity contribution < 1.29 is 9.13 Å². The molecule has 0 aliphatic rings. The smallest absolute Gasteiger partial charge is 0.128 e. The molecule has 1 aromatic rings. The van der Waals surface area contributed by atoms with Crippen LogP contribution < -0.4 is 0 Å². The van der Waals surface area contributed by atoms with Gasteiger partial charge in [-0.2, -0.15) is 0 Å². The standard InChI is InChI=1S/C13H19FO/c1-3-4-7-10-15-11(2)12-8-5-6-9-13(12)14/h5-6,8-9,11H,3-4,7,10H2,1-2H3. The zero-order chi connectivity index (χ0) is 11.1. The first-order valence-corrected chi connectivity index (χ1v) is 5.61. The maximum absolute atomic E-state index is 13.3. The van der Waals surface area contributed by atoms with Crippen molar-refractivity contribution in [2.24, 2.45) is 0 Å². The Morgan fingerprint density at radius 1 is 1.27 bits per heavy atom. The van der Waals surface area contributed by atoms with Crippen LogP contribution in [0.3, 0.4) is 0 Å². The molecule has 0 amide bonds. The van der Waals surface area contributed by atoms with Crippen LogP contribution in [0.1, 0.15) is 44.8 Å². The Morgan fingerprint density at radius 3 is 2.67 bits per heavy atom. The fraction of sp³-hybridized carbons (Fsp3) is 0.538. The molecule has 1 aromatic carbocycles. The summed E-state index contributed by atoms with van der Waals surface area (Å²) in [4.78, 5) is 0. The summed E-state index contributed by atoms with van der Waals surface area (Å²) < 4.78 is 18.9. The molecule has 0 aliphatic heterocycles. The quantitative estimate of drug-likeness (QED) is 0.642. The van der Waals surface area contributed by atoms with E-state index in [9.17, 15) is 4.39 Å². The lowest BCUT2D eigenvalue weighted by Crippen LogP contribution is -2.03. The SMILES string of the molecule is CCCCCOC(C)c1ccccc1F. The molecule has 0 N–H and O–H groups in total. The van der Waals surface area contributed by atoms with Gasteiger partial charge in [0.05, 0.1) is 6.10 Å².